The Balaban J connectivity index is 1.63. The number of carbonyl (C=O) groups excluding carboxylic acids is 2. The van der Waals surface area contributed by atoms with Crippen molar-refractivity contribution in [2.24, 2.45) is 0 Å². The molecule has 1 aliphatic rings. The number of rotatable bonds is 9. The van der Waals surface area contributed by atoms with Crippen molar-refractivity contribution < 1.29 is 18.0 Å². The lowest BCUT2D eigenvalue weighted by atomic mass is 10.0. The lowest BCUT2D eigenvalue weighted by Crippen LogP contribution is -2.38. The molecule has 0 radical (unpaired) electrons. The van der Waals surface area contributed by atoms with Crippen LogP contribution in [0.1, 0.15) is 37.8 Å². The Morgan fingerprint density at radius 2 is 1.78 bits per heavy atom. The topological polar surface area (TPSA) is 86.8 Å². The summed E-state index contributed by atoms with van der Waals surface area (Å²) >= 11 is 0. The molecule has 32 heavy (non-hydrogen) atoms. The summed E-state index contributed by atoms with van der Waals surface area (Å²) in [5.41, 5.74) is 2.55. The van der Waals surface area contributed by atoms with E-state index in [9.17, 15) is 18.0 Å². The molecule has 0 bridgehead atoms. The van der Waals surface area contributed by atoms with Gasteiger partial charge in [-0.05, 0) is 42.2 Å². The standard InChI is InChI=1S/C24H31N3O4S/c1-3-26(4-2)32(30,31)21-12-13-22-20(18-21)11-8-16-27(22)24(29)14-15-25-23(28)17-19-9-6-5-7-10-19/h5-7,9-10,12-13,18H,3-4,8,11,14-17H2,1-2H3,(H,25,28). The van der Waals surface area contributed by atoms with Gasteiger partial charge >= 0.3 is 0 Å². The number of sulfonamides is 1. The van der Waals surface area contributed by atoms with Crippen LogP contribution in [0.5, 0.6) is 0 Å². The Kier molecular flexibility index (Phi) is 8.04. The van der Waals surface area contributed by atoms with Crippen LogP contribution in [-0.4, -0.2) is 50.7 Å². The second kappa shape index (κ2) is 10.7. The van der Waals surface area contributed by atoms with E-state index in [0.717, 1.165) is 29.7 Å². The number of anilines is 1. The normalized spacial score (nSPS) is 13.7. The zero-order valence-corrected chi connectivity index (χ0v) is 19.5. The number of hydrogen-bond acceptors (Lipinski definition) is 4. The molecule has 0 aliphatic carbocycles. The van der Waals surface area contributed by atoms with E-state index >= 15 is 0 Å². The monoisotopic (exact) mass is 457 g/mol. The van der Waals surface area contributed by atoms with Crippen LogP contribution in [0.2, 0.25) is 0 Å². The predicted octanol–water partition coefficient (Wildman–Crippen LogP) is 2.75. The molecule has 8 heteroatoms. The summed E-state index contributed by atoms with van der Waals surface area (Å²) < 4.78 is 27.1. The molecule has 0 spiro atoms. The van der Waals surface area contributed by atoms with E-state index in [-0.39, 0.29) is 36.1 Å². The molecule has 3 rings (SSSR count). The van der Waals surface area contributed by atoms with Crippen molar-refractivity contribution in [1.29, 1.82) is 0 Å². The highest BCUT2D eigenvalue weighted by atomic mass is 32.2. The number of benzene rings is 2. The lowest BCUT2D eigenvalue weighted by Gasteiger charge is -2.30. The maximum atomic E-state index is 12.8. The van der Waals surface area contributed by atoms with Gasteiger partial charge in [-0.25, -0.2) is 8.42 Å². The second-order valence-electron chi connectivity index (χ2n) is 7.79. The largest absolute Gasteiger partial charge is 0.355 e. The number of amides is 2. The fourth-order valence-electron chi connectivity index (χ4n) is 3.99. The van der Waals surface area contributed by atoms with E-state index in [0.29, 0.717) is 19.6 Å². The fourth-order valence-corrected chi connectivity index (χ4v) is 5.50. The number of carbonyl (C=O) groups is 2. The minimum Gasteiger partial charge on any atom is -0.355 e. The molecule has 0 saturated heterocycles. The predicted molar refractivity (Wildman–Crippen MR) is 125 cm³/mol. The molecule has 1 N–H and O–H groups in total. The first kappa shape index (κ1) is 23.9. The zero-order chi connectivity index (χ0) is 23.1. The van der Waals surface area contributed by atoms with E-state index in [2.05, 4.69) is 5.32 Å². The van der Waals surface area contributed by atoms with Crippen molar-refractivity contribution in [2.75, 3.05) is 31.1 Å². The SMILES string of the molecule is CCN(CC)S(=O)(=O)c1ccc2c(c1)CCCN2C(=O)CCNC(=O)Cc1ccccc1. The Morgan fingerprint density at radius 3 is 2.47 bits per heavy atom. The van der Waals surface area contributed by atoms with Crippen LogP contribution in [0.15, 0.2) is 53.4 Å². The van der Waals surface area contributed by atoms with Gasteiger partial charge in [-0.1, -0.05) is 44.2 Å². The summed E-state index contributed by atoms with van der Waals surface area (Å²) in [4.78, 5) is 26.9. The van der Waals surface area contributed by atoms with E-state index in [1.165, 1.54) is 4.31 Å². The Hall–Kier alpha value is -2.71. The first-order chi connectivity index (χ1) is 15.4. The third-order valence-electron chi connectivity index (χ3n) is 5.68. The highest BCUT2D eigenvalue weighted by molar-refractivity contribution is 7.89. The van der Waals surface area contributed by atoms with Crippen LogP contribution in [0, 0.1) is 0 Å². The fraction of sp³-hybridized carbons (Fsp3) is 0.417. The van der Waals surface area contributed by atoms with Gasteiger partial charge in [0.25, 0.3) is 0 Å². The minimum atomic E-state index is -3.54. The van der Waals surface area contributed by atoms with Crippen molar-refractivity contribution in [3.8, 4) is 0 Å². The number of aryl methyl sites for hydroxylation is 1. The number of nitrogens with one attached hydrogen (secondary N) is 1. The lowest BCUT2D eigenvalue weighted by molar-refractivity contribution is -0.121. The van der Waals surface area contributed by atoms with E-state index in [4.69, 9.17) is 0 Å². The summed E-state index contributed by atoms with van der Waals surface area (Å²) in [6, 6.07) is 14.5. The van der Waals surface area contributed by atoms with Crippen molar-refractivity contribution in [1.82, 2.24) is 9.62 Å². The van der Waals surface area contributed by atoms with Crippen molar-refractivity contribution >= 4 is 27.5 Å². The highest BCUT2D eigenvalue weighted by Gasteiger charge is 2.26. The van der Waals surface area contributed by atoms with Gasteiger partial charge in [0.05, 0.1) is 11.3 Å². The van der Waals surface area contributed by atoms with Gasteiger partial charge in [0, 0.05) is 38.3 Å². The van der Waals surface area contributed by atoms with Crippen molar-refractivity contribution in [3.63, 3.8) is 0 Å². The molecule has 1 aliphatic heterocycles. The third kappa shape index (κ3) is 5.55. The molecule has 2 aromatic carbocycles. The molecule has 0 unspecified atom stereocenters. The van der Waals surface area contributed by atoms with Crippen LogP contribution in [0.25, 0.3) is 0 Å². The molecule has 0 aromatic heterocycles. The van der Waals surface area contributed by atoms with Gasteiger partial charge in [0.2, 0.25) is 21.8 Å². The van der Waals surface area contributed by atoms with Gasteiger partial charge in [-0.2, -0.15) is 4.31 Å². The summed E-state index contributed by atoms with van der Waals surface area (Å²) in [6.45, 7) is 5.32. The van der Waals surface area contributed by atoms with Gasteiger partial charge in [-0.15, -0.1) is 0 Å². The van der Waals surface area contributed by atoms with Gasteiger partial charge < -0.3 is 10.2 Å². The first-order valence-corrected chi connectivity index (χ1v) is 12.5. The summed E-state index contributed by atoms with van der Waals surface area (Å²) in [5, 5.41) is 2.81. The molecule has 0 fully saturated rings. The Morgan fingerprint density at radius 1 is 1.06 bits per heavy atom. The smallest absolute Gasteiger partial charge is 0.243 e. The molecule has 1 heterocycles. The molecular weight excluding hydrogens is 426 g/mol. The minimum absolute atomic E-state index is 0.0784. The van der Waals surface area contributed by atoms with E-state index < -0.39 is 10.0 Å². The van der Waals surface area contributed by atoms with Crippen LogP contribution in [0.4, 0.5) is 5.69 Å². The van der Waals surface area contributed by atoms with E-state index in [1.807, 2.05) is 44.2 Å². The number of fused-ring (bicyclic) bond motifs is 1. The Bertz CT molecular complexity index is 1050. The maximum absolute atomic E-state index is 12.8. The summed E-state index contributed by atoms with van der Waals surface area (Å²) in [6.07, 6.45) is 1.98. The number of nitrogens with zero attached hydrogens (tertiary/aromatic N) is 2. The van der Waals surface area contributed by atoms with Crippen LogP contribution in [-0.2, 0) is 32.5 Å². The van der Waals surface area contributed by atoms with Gasteiger partial charge in [-0.3, -0.25) is 9.59 Å². The highest BCUT2D eigenvalue weighted by Crippen LogP contribution is 2.30. The first-order valence-electron chi connectivity index (χ1n) is 11.1. The summed E-state index contributed by atoms with van der Waals surface area (Å²) in [7, 11) is -3.54. The molecule has 2 amide bonds. The van der Waals surface area contributed by atoms with E-state index in [1.54, 1.807) is 23.1 Å². The average Bonchev–Trinajstić information content (AvgIpc) is 2.79. The zero-order valence-electron chi connectivity index (χ0n) is 18.7. The molecule has 7 nitrogen and oxygen atoms in total. The maximum Gasteiger partial charge on any atom is 0.243 e. The van der Waals surface area contributed by atoms with Gasteiger partial charge in [0.1, 0.15) is 0 Å². The summed E-state index contributed by atoms with van der Waals surface area (Å²) in [5.74, 6) is -0.195. The Labute approximate surface area is 190 Å². The number of hydrogen-bond donors (Lipinski definition) is 1. The molecule has 172 valence electrons. The van der Waals surface area contributed by atoms with Crippen LogP contribution < -0.4 is 10.2 Å². The molecule has 2 aromatic rings. The molecule has 0 atom stereocenters. The average molecular weight is 458 g/mol. The van der Waals surface area contributed by atoms with Crippen LogP contribution in [0.3, 0.4) is 0 Å². The van der Waals surface area contributed by atoms with Crippen LogP contribution >= 0.6 is 0 Å². The molecular formula is C24H31N3O4S. The van der Waals surface area contributed by atoms with Crippen molar-refractivity contribution in [3.05, 3.63) is 59.7 Å². The van der Waals surface area contributed by atoms with Crippen molar-refractivity contribution in [2.45, 2.75) is 44.4 Å². The molecule has 0 saturated carbocycles. The second-order valence-corrected chi connectivity index (χ2v) is 9.73. The quantitative estimate of drug-likeness (QED) is 0.627. The third-order valence-corrected chi connectivity index (χ3v) is 7.73. The van der Waals surface area contributed by atoms with Gasteiger partial charge in [0.15, 0.2) is 0 Å².